The van der Waals surface area contributed by atoms with E-state index in [1.54, 1.807) is 4.90 Å². The number of aryl methyl sites for hydroxylation is 1. The molecule has 0 spiro atoms. The van der Waals surface area contributed by atoms with Gasteiger partial charge in [-0.2, -0.15) is 0 Å². The minimum absolute atomic E-state index is 0.0854. The Morgan fingerprint density at radius 2 is 1.84 bits per heavy atom. The van der Waals surface area contributed by atoms with E-state index in [1.807, 2.05) is 62.4 Å². The Morgan fingerprint density at radius 1 is 1.12 bits per heavy atom. The van der Waals surface area contributed by atoms with Crippen LogP contribution in [0.4, 0.5) is 0 Å². The molecule has 0 aromatic heterocycles. The van der Waals surface area contributed by atoms with Gasteiger partial charge in [0.25, 0.3) is 5.91 Å². The maximum absolute atomic E-state index is 13.1. The third kappa shape index (κ3) is 7.09. The predicted octanol–water partition coefficient (Wildman–Crippen LogP) is 5.05. The molecule has 0 saturated heterocycles. The quantitative estimate of drug-likeness (QED) is 0.524. The van der Waals surface area contributed by atoms with Gasteiger partial charge in [-0.1, -0.05) is 65.5 Å². The van der Waals surface area contributed by atoms with Crippen LogP contribution in [0.25, 0.3) is 0 Å². The summed E-state index contributed by atoms with van der Waals surface area (Å²) in [4.78, 5) is 27.8. The van der Waals surface area contributed by atoms with Crippen LogP contribution in [-0.2, 0) is 16.0 Å². The van der Waals surface area contributed by atoms with Crippen molar-refractivity contribution in [3.8, 4) is 5.75 Å². The van der Waals surface area contributed by atoms with E-state index in [-0.39, 0.29) is 24.5 Å². The van der Waals surface area contributed by atoms with Gasteiger partial charge in [0.15, 0.2) is 6.61 Å². The van der Waals surface area contributed by atoms with Crippen LogP contribution in [0.2, 0.25) is 0 Å². The summed E-state index contributed by atoms with van der Waals surface area (Å²) >= 11 is 3.48. The van der Waals surface area contributed by atoms with E-state index in [4.69, 9.17) is 4.74 Å². The summed E-state index contributed by atoms with van der Waals surface area (Å²) in [6.07, 6.45) is 6.25. The Balaban J connectivity index is 1.65. The van der Waals surface area contributed by atoms with E-state index in [2.05, 4.69) is 21.2 Å². The molecule has 2 aromatic rings. The predicted molar refractivity (Wildman–Crippen MR) is 131 cm³/mol. The van der Waals surface area contributed by atoms with Gasteiger partial charge in [0, 0.05) is 17.1 Å². The van der Waals surface area contributed by atoms with E-state index in [0.29, 0.717) is 18.7 Å². The Kier molecular flexibility index (Phi) is 9.15. The van der Waals surface area contributed by atoms with Gasteiger partial charge in [0.2, 0.25) is 5.91 Å². The van der Waals surface area contributed by atoms with Crippen molar-refractivity contribution in [2.24, 2.45) is 0 Å². The molecule has 0 bridgehead atoms. The Bertz CT molecular complexity index is 897. The van der Waals surface area contributed by atoms with Crippen LogP contribution in [0.15, 0.2) is 53.0 Å². The van der Waals surface area contributed by atoms with Crippen molar-refractivity contribution >= 4 is 27.7 Å². The topological polar surface area (TPSA) is 58.6 Å². The Hall–Kier alpha value is -2.34. The van der Waals surface area contributed by atoms with Gasteiger partial charge >= 0.3 is 0 Å². The third-order valence-electron chi connectivity index (χ3n) is 6.09. The maximum Gasteiger partial charge on any atom is 0.261 e. The molecule has 5 nitrogen and oxygen atoms in total. The molecular weight excluding hydrogens is 468 g/mol. The first-order valence-electron chi connectivity index (χ1n) is 11.5. The first-order valence-corrected chi connectivity index (χ1v) is 12.3. The van der Waals surface area contributed by atoms with Crippen LogP contribution in [0.5, 0.6) is 5.75 Å². The lowest BCUT2D eigenvalue weighted by atomic mass is 9.95. The number of hydrogen-bond acceptors (Lipinski definition) is 3. The number of halogens is 1. The van der Waals surface area contributed by atoms with Gasteiger partial charge in [-0.3, -0.25) is 9.59 Å². The SMILES string of the molecule is Cc1cc(OCC(=O)N(CCc2ccccc2)C(C)C(=O)NC2CCCCC2)ccc1Br. The summed E-state index contributed by atoms with van der Waals surface area (Å²) in [7, 11) is 0. The van der Waals surface area contributed by atoms with E-state index in [0.717, 1.165) is 41.3 Å². The molecule has 6 heteroatoms. The molecule has 172 valence electrons. The average molecular weight is 501 g/mol. The van der Waals surface area contributed by atoms with Crippen molar-refractivity contribution in [1.82, 2.24) is 10.2 Å². The molecule has 0 heterocycles. The summed E-state index contributed by atoms with van der Waals surface area (Å²) in [5.41, 5.74) is 2.17. The molecule has 1 aliphatic carbocycles. The fourth-order valence-electron chi connectivity index (χ4n) is 4.07. The van der Waals surface area contributed by atoms with Gasteiger partial charge in [0.1, 0.15) is 11.8 Å². The zero-order chi connectivity index (χ0) is 22.9. The molecule has 3 rings (SSSR count). The fraction of sp³-hybridized carbons (Fsp3) is 0.462. The molecule has 1 N–H and O–H groups in total. The second-order valence-corrected chi connectivity index (χ2v) is 9.40. The molecule has 1 saturated carbocycles. The Morgan fingerprint density at radius 3 is 2.53 bits per heavy atom. The smallest absolute Gasteiger partial charge is 0.261 e. The first kappa shape index (κ1) is 24.3. The normalized spacial score (nSPS) is 15.1. The number of nitrogens with zero attached hydrogens (tertiary/aromatic N) is 1. The van der Waals surface area contributed by atoms with E-state index in [1.165, 1.54) is 6.42 Å². The van der Waals surface area contributed by atoms with Crippen LogP contribution in [0.3, 0.4) is 0 Å². The van der Waals surface area contributed by atoms with Crippen molar-refractivity contribution in [1.29, 1.82) is 0 Å². The molecule has 2 aromatic carbocycles. The highest BCUT2D eigenvalue weighted by atomic mass is 79.9. The second kappa shape index (κ2) is 12.0. The van der Waals surface area contributed by atoms with Crippen molar-refractivity contribution in [2.75, 3.05) is 13.2 Å². The number of amides is 2. The molecule has 1 unspecified atom stereocenters. The highest BCUT2D eigenvalue weighted by Crippen LogP contribution is 2.22. The monoisotopic (exact) mass is 500 g/mol. The van der Waals surface area contributed by atoms with Crippen molar-refractivity contribution in [2.45, 2.75) is 64.5 Å². The molecular formula is C26H33BrN2O3. The number of carbonyl (C=O) groups is 2. The van der Waals surface area contributed by atoms with Crippen LogP contribution >= 0.6 is 15.9 Å². The lowest BCUT2D eigenvalue weighted by Gasteiger charge is -2.31. The van der Waals surface area contributed by atoms with Gasteiger partial charge in [-0.15, -0.1) is 0 Å². The number of carbonyl (C=O) groups excluding carboxylic acids is 2. The van der Waals surface area contributed by atoms with Crippen LogP contribution < -0.4 is 10.1 Å². The summed E-state index contributed by atoms with van der Waals surface area (Å²) in [6, 6.07) is 15.3. The Labute approximate surface area is 199 Å². The first-order chi connectivity index (χ1) is 15.4. The van der Waals surface area contributed by atoms with Crippen LogP contribution in [0.1, 0.15) is 50.2 Å². The van der Waals surface area contributed by atoms with E-state index >= 15 is 0 Å². The molecule has 1 fully saturated rings. The third-order valence-corrected chi connectivity index (χ3v) is 6.98. The zero-order valence-corrected chi connectivity index (χ0v) is 20.6. The number of benzene rings is 2. The molecule has 32 heavy (non-hydrogen) atoms. The van der Waals surface area contributed by atoms with Crippen molar-refractivity contribution in [3.05, 3.63) is 64.1 Å². The molecule has 1 atom stereocenters. The fourth-order valence-corrected chi connectivity index (χ4v) is 4.32. The summed E-state index contributed by atoms with van der Waals surface area (Å²) in [5, 5.41) is 3.16. The lowest BCUT2D eigenvalue weighted by molar-refractivity contribution is -0.141. The number of ether oxygens (including phenoxy) is 1. The maximum atomic E-state index is 13.1. The summed E-state index contributed by atoms with van der Waals surface area (Å²) in [5.74, 6) is 0.368. The summed E-state index contributed by atoms with van der Waals surface area (Å²) in [6.45, 7) is 4.15. The van der Waals surface area contributed by atoms with Gasteiger partial charge in [0.05, 0.1) is 0 Å². The van der Waals surface area contributed by atoms with Crippen molar-refractivity contribution in [3.63, 3.8) is 0 Å². The van der Waals surface area contributed by atoms with Gasteiger partial charge < -0.3 is 15.0 Å². The highest BCUT2D eigenvalue weighted by Gasteiger charge is 2.28. The largest absolute Gasteiger partial charge is 0.484 e. The number of rotatable bonds is 9. The minimum atomic E-state index is -0.552. The second-order valence-electron chi connectivity index (χ2n) is 8.54. The minimum Gasteiger partial charge on any atom is -0.484 e. The van der Waals surface area contributed by atoms with Crippen LogP contribution in [0, 0.1) is 6.92 Å². The van der Waals surface area contributed by atoms with Crippen molar-refractivity contribution < 1.29 is 14.3 Å². The van der Waals surface area contributed by atoms with Crippen LogP contribution in [-0.4, -0.2) is 41.9 Å². The average Bonchev–Trinajstić information content (AvgIpc) is 2.81. The van der Waals surface area contributed by atoms with E-state index < -0.39 is 6.04 Å². The molecule has 0 aliphatic heterocycles. The number of nitrogens with one attached hydrogen (secondary N) is 1. The lowest BCUT2D eigenvalue weighted by Crippen LogP contribution is -2.52. The standard InChI is InChI=1S/C26H33BrN2O3/c1-19-17-23(13-14-24(19)27)32-18-25(30)29(16-15-21-9-5-3-6-10-21)20(2)26(31)28-22-11-7-4-8-12-22/h3,5-6,9-10,13-14,17,20,22H,4,7-8,11-12,15-16,18H2,1-2H3,(H,28,31). The zero-order valence-electron chi connectivity index (χ0n) is 19.0. The molecule has 2 amide bonds. The number of hydrogen-bond donors (Lipinski definition) is 1. The molecule has 0 radical (unpaired) electrons. The highest BCUT2D eigenvalue weighted by molar-refractivity contribution is 9.10. The van der Waals surface area contributed by atoms with E-state index in [9.17, 15) is 9.59 Å². The molecule has 1 aliphatic rings. The van der Waals surface area contributed by atoms with Gasteiger partial charge in [-0.25, -0.2) is 0 Å². The van der Waals surface area contributed by atoms with Gasteiger partial charge in [-0.05, 0) is 62.4 Å². The summed E-state index contributed by atoms with van der Waals surface area (Å²) < 4.78 is 6.77.